The number of carboxylic acid groups (broad SMARTS) is 1. The number of rotatable bonds is 0. The summed E-state index contributed by atoms with van der Waals surface area (Å²) in [6.07, 6.45) is 2.89. The first-order valence-electron chi connectivity index (χ1n) is 5.40. The van der Waals surface area contributed by atoms with Crippen molar-refractivity contribution >= 4 is 12.2 Å². The van der Waals surface area contributed by atoms with Crippen LogP contribution in [0, 0.1) is 0 Å². The molecule has 0 aromatic heterocycles. The molecule has 0 saturated carbocycles. The second-order valence-electron chi connectivity index (χ2n) is 4.04. The van der Waals surface area contributed by atoms with Crippen LogP contribution in [-0.4, -0.2) is 29.2 Å². The summed E-state index contributed by atoms with van der Waals surface area (Å²) in [7, 11) is 0. The van der Waals surface area contributed by atoms with Crippen LogP contribution in [-0.2, 0) is 0 Å². The van der Waals surface area contributed by atoms with Crippen molar-refractivity contribution in [2.45, 2.75) is 0 Å². The monoisotopic (exact) mass is 229 g/mol. The van der Waals surface area contributed by atoms with Crippen molar-refractivity contribution in [3.05, 3.63) is 47.2 Å². The minimum atomic E-state index is -0.903. The molecule has 4 heteroatoms. The number of carbonyl (C=O) groups is 1. The maximum atomic E-state index is 10.9. The van der Waals surface area contributed by atoms with Gasteiger partial charge in [0.2, 0.25) is 0 Å². The van der Waals surface area contributed by atoms with E-state index in [4.69, 9.17) is 9.84 Å². The van der Waals surface area contributed by atoms with Gasteiger partial charge in [0, 0.05) is 17.7 Å². The molecule has 4 nitrogen and oxygen atoms in total. The summed E-state index contributed by atoms with van der Waals surface area (Å²) in [5.41, 5.74) is 1.91. The number of amides is 1. The zero-order valence-corrected chi connectivity index (χ0v) is 9.09. The van der Waals surface area contributed by atoms with Gasteiger partial charge >= 0.3 is 6.09 Å². The highest BCUT2D eigenvalue weighted by atomic mass is 16.5. The number of hydrogen-bond acceptors (Lipinski definition) is 2. The molecule has 0 unspecified atom stereocenters. The van der Waals surface area contributed by atoms with E-state index in [2.05, 4.69) is 0 Å². The van der Waals surface area contributed by atoms with Gasteiger partial charge < -0.3 is 14.7 Å². The van der Waals surface area contributed by atoms with Crippen LogP contribution in [0.15, 0.2) is 41.7 Å². The normalized spacial score (nSPS) is 17.3. The predicted molar refractivity (Wildman–Crippen MR) is 62.7 cm³/mol. The summed E-state index contributed by atoms with van der Waals surface area (Å²) in [5.74, 6) is 1.60. The highest BCUT2D eigenvalue weighted by molar-refractivity contribution is 5.71. The third-order valence-corrected chi connectivity index (χ3v) is 2.91. The third kappa shape index (κ3) is 1.67. The second kappa shape index (κ2) is 3.66. The Kier molecular flexibility index (Phi) is 2.14. The van der Waals surface area contributed by atoms with Gasteiger partial charge in [0.05, 0.1) is 6.54 Å². The van der Waals surface area contributed by atoms with Gasteiger partial charge in [0.1, 0.15) is 11.5 Å². The van der Waals surface area contributed by atoms with Gasteiger partial charge in [0.25, 0.3) is 0 Å². The van der Waals surface area contributed by atoms with Crippen LogP contribution in [0.4, 0.5) is 4.79 Å². The molecular weight excluding hydrogens is 218 g/mol. The number of hydrogen-bond donors (Lipinski definition) is 1. The van der Waals surface area contributed by atoms with Gasteiger partial charge in [-0.15, -0.1) is 0 Å². The van der Waals surface area contributed by atoms with E-state index in [0.717, 1.165) is 22.6 Å². The van der Waals surface area contributed by atoms with Crippen LogP contribution >= 0.6 is 0 Å². The highest BCUT2D eigenvalue weighted by Crippen LogP contribution is 2.33. The molecule has 17 heavy (non-hydrogen) atoms. The van der Waals surface area contributed by atoms with Gasteiger partial charge in [-0.3, -0.25) is 0 Å². The van der Waals surface area contributed by atoms with E-state index in [1.54, 1.807) is 6.08 Å². The maximum absolute atomic E-state index is 10.9. The first-order chi connectivity index (χ1) is 8.24. The van der Waals surface area contributed by atoms with E-state index in [9.17, 15) is 4.79 Å². The molecule has 0 saturated heterocycles. The van der Waals surface area contributed by atoms with Gasteiger partial charge in [-0.25, -0.2) is 4.79 Å². The molecule has 0 atom stereocenters. The Morgan fingerprint density at radius 2 is 2.18 bits per heavy atom. The Hall–Kier alpha value is -2.23. The lowest BCUT2D eigenvalue weighted by Gasteiger charge is -2.29. The summed E-state index contributed by atoms with van der Waals surface area (Å²) in [6.45, 7) is 0.764. The molecule has 1 aromatic rings. The van der Waals surface area contributed by atoms with E-state index < -0.39 is 6.09 Å². The number of benzene rings is 1. The third-order valence-electron chi connectivity index (χ3n) is 2.91. The number of fused-ring (bicyclic) bond motifs is 2. The molecule has 2 aliphatic heterocycles. The lowest BCUT2D eigenvalue weighted by molar-refractivity contribution is 0.151. The second-order valence-corrected chi connectivity index (χ2v) is 4.04. The highest BCUT2D eigenvalue weighted by Gasteiger charge is 2.24. The fourth-order valence-electron chi connectivity index (χ4n) is 2.04. The van der Waals surface area contributed by atoms with Crippen molar-refractivity contribution in [3.8, 4) is 5.75 Å². The summed E-state index contributed by atoms with van der Waals surface area (Å²) in [6, 6.07) is 7.72. The van der Waals surface area contributed by atoms with Crippen molar-refractivity contribution in [2.24, 2.45) is 0 Å². The lowest BCUT2D eigenvalue weighted by atomic mass is 10.0. The van der Waals surface area contributed by atoms with Crippen LogP contribution in [0.25, 0.3) is 6.08 Å². The van der Waals surface area contributed by atoms with Crippen molar-refractivity contribution in [1.82, 2.24) is 4.90 Å². The largest absolute Gasteiger partial charge is 0.465 e. The zero-order valence-electron chi connectivity index (χ0n) is 9.09. The summed E-state index contributed by atoms with van der Waals surface area (Å²) < 4.78 is 5.74. The van der Waals surface area contributed by atoms with E-state index >= 15 is 0 Å². The van der Waals surface area contributed by atoms with E-state index in [0.29, 0.717) is 13.1 Å². The molecule has 0 bridgehead atoms. The molecule has 1 N–H and O–H groups in total. The molecule has 0 fully saturated rings. The first kappa shape index (κ1) is 9.96. The number of nitrogens with zero attached hydrogens (tertiary/aromatic N) is 1. The predicted octanol–water partition coefficient (Wildman–Crippen LogP) is 2.34. The molecule has 1 aromatic carbocycles. The Balaban J connectivity index is 1.99. The minimum absolute atomic E-state index is 0.379. The molecule has 2 aliphatic rings. The average Bonchev–Trinajstić information content (AvgIpc) is 2.35. The summed E-state index contributed by atoms with van der Waals surface area (Å²) in [4.78, 5) is 12.3. The SMILES string of the molecule is O=C(O)N1CC=C2Oc3ccccc3C=C2C1. The molecular formula is C13H11NO3. The Bertz CT molecular complexity index is 545. The molecule has 0 radical (unpaired) electrons. The van der Waals surface area contributed by atoms with Crippen LogP contribution in [0.1, 0.15) is 5.56 Å². The standard InChI is InChI=1S/C13H11NO3/c15-13(16)14-6-5-12-10(8-14)7-9-3-1-2-4-11(9)17-12/h1-5,7H,6,8H2,(H,15,16). The smallest absolute Gasteiger partial charge is 0.407 e. The van der Waals surface area contributed by atoms with Crippen molar-refractivity contribution in [3.63, 3.8) is 0 Å². The van der Waals surface area contributed by atoms with Gasteiger partial charge in [-0.1, -0.05) is 18.2 Å². The summed E-state index contributed by atoms with van der Waals surface area (Å²) >= 11 is 0. The molecule has 1 amide bonds. The van der Waals surface area contributed by atoms with Crippen molar-refractivity contribution in [1.29, 1.82) is 0 Å². The van der Waals surface area contributed by atoms with Gasteiger partial charge in [-0.2, -0.15) is 0 Å². The number of para-hydroxylation sites is 1. The van der Waals surface area contributed by atoms with Crippen LogP contribution in [0.3, 0.4) is 0 Å². The molecule has 86 valence electrons. The molecule has 0 spiro atoms. The topological polar surface area (TPSA) is 49.8 Å². The fraction of sp³-hybridized carbons (Fsp3) is 0.154. The average molecular weight is 229 g/mol. The number of ether oxygens (including phenoxy) is 1. The van der Waals surface area contributed by atoms with Crippen molar-refractivity contribution in [2.75, 3.05) is 13.1 Å². The van der Waals surface area contributed by atoms with Gasteiger partial charge in [-0.05, 0) is 18.2 Å². The first-order valence-corrected chi connectivity index (χ1v) is 5.40. The van der Waals surface area contributed by atoms with Crippen LogP contribution in [0.5, 0.6) is 5.75 Å². The lowest BCUT2D eigenvalue weighted by Crippen LogP contribution is -2.36. The molecule has 2 heterocycles. The van der Waals surface area contributed by atoms with Gasteiger partial charge in [0.15, 0.2) is 0 Å². The van der Waals surface area contributed by atoms with Crippen LogP contribution < -0.4 is 4.74 Å². The Morgan fingerprint density at radius 1 is 1.35 bits per heavy atom. The summed E-state index contributed by atoms with van der Waals surface area (Å²) in [5, 5.41) is 8.95. The Morgan fingerprint density at radius 3 is 3.00 bits per heavy atom. The molecule has 0 aliphatic carbocycles. The quantitative estimate of drug-likeness (QED) is 0.742. The molecule has 3 rings (SSSR count). The maximum Gasteiger partial charge on any atom is 0.407 e. The van der Waals surface area contributed by atoms with E-state index in [1.807, 2.05) is 30.3 Å². The zero-order chi connectivity index (χ0) is 11.8. The van der Waals surface area contributed by atoms with Crippen molar-refractivity contribution < 1.29 is 14.6 Å². The van der Waals surface area contributed by atoms with E-state index in [-0.39, 0.29) is 0 Å². The van der Waals surface area contributed by atoms with Crippen LogP contribution in [0.2, 0.25) is 0 Å². The Labute approximate surface area is 98.4 Å². The van der Waals surface area contributed by atoms with E-state index in [1.165, 1.54) is 4.90 Å². The minimum Gasteiger partial charge on any atom is -0.465 e. The fourth-order valence-corrected chi connectivity index (χ4v) is 2.04.